The minimum Gasteiger partial charge on any atom is -0.444 e. The molecule has 21 heavy (non-hydrogen) atoms. The molecule has 122 valence electrons. The Labute approximate surface area is 123 Å². The highest BCUT2D eigenvalue weighted by Crippen LogP contribution is 2.39. The van der Waals surface area contributed by atoms with Gasteiger partial charge in [0.2, 0.25) is 0 Å². The molecule has 2 aliphatic rings. The first-order valence-electron chi connectivity index (χ1n) is 6.92. The molecule has 0 saturated carbocycles. The van der Waals surface area contributed by atoms with E-state index in [0.717, 1.165) is 0 Å². The molecule has 2 rings (SSSR count). The quantitative estimate of drug-likeness (QED) is 0.526. The van der Waals surface area contributed by atoms with Gasteiger partial charge in [-0.2, -0.15) is 0 Å². The van der Waals surface area contributed by atoms with Crippen LogP contribution in [0.25, 0.3) is 0 Å². The maximum absolute atomic E-state index is 11.6. The summed E-state index contributed by atoms with van der Waals surface area (Å²) in [6.07, 6.45) is -3.87. The Balaban J connectivity index is 1.94. The van der Waals surface area contributed by atoms with Crippen molar-refractivity contribution in [2.24, 2.45) is 5.92 Å². The van der Waals surface area contributed by atoms with Crippen molar-refractivity contribution in [2.45, 2.75) is 50.5 Å². The number of amides is 1. The fourth-order valence-corrected chi connectivity index (χ4v) is 2.50. The van der Waals surface area contributed by atoms with Crippen molar-refractivity contribution in [1.29, 1.82) is 0 Å². The van der Waals surface area contributed by atoms with Gasteiger partial charge in [0.25, 0.3) is 0 Å². The average molecular weight is 305 g/mol. The minimum absolute atomic E-state index is 0.00463. The Morgan fingerprint density at radius 3 is 2.67 bits per heavy atom. The number of hydrogen-bond acceptors (Lipinski definition) is 7. The summed E-state index contributed by atoms with van der Waals surface area (Å²) >= 11 is 0. The van der Waals surface area contributed by atoms with E-state index >= 15 is 0 Å². The summed E-state index contributed by atoms with van der Waals surface area (Å²) in [5.41, 5.74) is -1.91. The van der Waals surface area contributed by atoms with Gasteiger partial charge in [-0.05, 0) is 20.8 Å². The number of alkyl carbamates (subject to hydrolysis) is 1. The van der Waals surface area contributed by atoms with Crippen LogP contribution >= 0.6 is 0 Å². The number of hydrogen-bond donors (Lipinski definition) is 4. The first kappa shape index (κ1) is 16.4. The Morgan fingerprint density at radius 1 is 1.43 bits per heavy atom. The third-order valence-electron chi connectivity index (χ3n) is 3.64. The van der Waals surface area contributed by atoms with Gasteiger partial charge in [-0.15, -0.1) is 0 Å². The molecule has 0 radical (unpaired) electrons. The number of ether oxygens (including phenoxy) is 3. The third-order valence-corrected chi connectivity index (χ3v) is 3.64. The highest BCUT2D eigenvalue weighted by molar-refractivity contribution is 5.67. The van der Waals surface area contributed by atoms with Crippen LogP contribution < -0.4 is 5.32 Å². The predicted molar refractivity (Wildman–Crippen MR) is 70.4 cm³/mol. The van der Waals surface area contributed by atoms with Crippen molar-refractivity contribution < 1.29 is 34.3 Å². The summed E-state index contributed by atoms with van der Waals surface area (Å²) in [6, 6.07) is 0. The zero-order valence-corrected chi connectivity index (χ0v) is 12.4. The molecule has 0 spiro atoms. The number of aliphatic hydroxyl groups excluding tert-OH is 3. The Bertz CT molecular complexity index is 396. The molecular formula is C13H23NO7. The molecule has 2 saturated heterocycles. The molecule has 0 aromatic heterocycles. The van der Waals surface area contributed by atoms with Crippen molar-refractivity contribution in [2.75, 3.05) is 19.8 Å². The van der Waals surface area contributed by atoms with Gasteiger partial charge in [0, 0.05) is 6.54 Å². The molecular weight excluding hydrogens is 282 g/mol. The van der Waals surface area contributed by atoms with Gasteiger partial charge in [0.15, 0.2) is 6.29 Å². The zero-order chi connectivity index (χ0) is 15.8. The molecule has 2 fully saturated rings. The SMILES string of the molecule is CC(C)(C)OC(=O)NC[C@H]1[C@H]2OC[C@](CO)(O2)[C@H](O)[C@@H]1O. The average Bonchev–Trinajstić information content (AvgIpc) is 2.77. The van der Waals surface area contributed by atoms with Crippen LogP contribution in [-0.2, 0) is 14.2 Å². The van der Waals surface area contributed by atoms with E-state index in [1.54, 1.807) is 20.8 Å². The van der Waals surface area contributed by atoms with Gasteiger partial charge < -0.3 is 34.8 Å². The lowest BCUT2D eigenvalue weighted by atomic mass is 9.85. The van der Waals surface area contributed by atoms with Gasteiger partial charge in [-0.3, -0.25) is 0 Å². The third kappa shape index (κ3) is 3.29. The standard InChI is InChI=1S/C13H23NO7/c1-12(2,3)21-11(18)14-4-7-8(16)9(17)13(5-15)6-19-10(7)20-13/h7-10,15-17H,4-6H2,1-3H3,(H,14,18)/t7-,8-,9-,10+,13+/m1/s1. The summed E-state index contributed by atoms with van der Waals surface area (Å²) in [7, 11) is 0. The highest BCUT2D eigenvalue weighted by atomic mass is 16.7. The summed E-state index contributed by atoms with van der Waals surface area (Å²) in [5.74, 6) is -0.644. The van der Waals surface area contributed by atoms with E-state index in [1.165, 1.54) is 0 Å². The molecule has 2 heterocycles. The monoisotopic (exact) mass is 305 g/mol. The van der Waals surface area contributed by atoms with Gasteiger partial charge in [0.1, 0.15) is 17.3 Å². The summed E-state index contributed by atoms with van der Waals surface area (Å²) in [4.78, 5) is 11.6. The van der Waals surface area contributed by atoms with Gasteiger partial charge >= 0.3 is 6.09 Å². The van der Waals surface area contributed by atoms with Crippen LogP contribution in [0.2, 0.25) is 0 Å². The summed E-state index contributed by atoms with van der Waals surface area (Å²) < 4.78 is 15.9. The van der Waals surface area contributed by atoms with E-state index in [-0.39, 0.29) is 13.2 Å². The molecule has 2 bridgehead atoms. The second kappa shape index (κ2) is 5.69. The molecule has 1 amide bonds. The van der Waals surface area contributed by atoms with E-state index in [1.807, 2.05) is 0 Å². The Hall–Kier alpha value is -0.930. The van der Waals surface area contributed by atoms with E-state index in [9.17, 15) is 20.1 Å². The summed E-state index contributed by atoms with van der Waals surface area (Å²) in [5, 5.41) is 32.1. The minimum atomic E-state index is -1.29. The number of fused-ring (bicyclic) bond motifs is 2. The van der Waals surface area contributed by atoms with Crippen LogP contribution in [0, 0.1) is 5.92 Å². The van der Waals surface area contributed by atoms with Crippen molar-refractivity contribution >= 4 is 6.09 Å². The molecule has 0 aromatic carbocycles. The van der Waals surface area contributed by atoms with Crippen molar-refractivity contribution in [3.63, 3.8) is 0 Å². The number of rotatable bonds is 3. The van der Waals surface area contributed by atoms with E-state index in [0.29, 0.717) is 0 Å². The molecule has 4 N–H and O–H groups in total. The first-order valence-corrected chi connectivity index (χ1v) is 6.92. The number of aliphatic hydroxyl groups is 3. The molecule has 8 nitrogen and oxygen atoms in total. The molecule has 5 atom stereocenters. The van der Waals surface area contributed by atoms with Crippen molar-refractivity contribution in [3.8, 4) is 0 Å². The smallest absolute Gasteiger partial charge is 0.407 e. The predicted octanol–water partition coefficient (Wildman–Crippen LogP) is -1.03. The topological polar surface area (TPSA) is 117 Å². The van der Waals surface area contributed by atoms with Crippen molar-refractivity contribution in [3.05, 3.63) is 0 Å². The van der Waals surface area contributed by atoms with Crippen LogP contribution in [0.5, 0.6) is 0 Å². The molecule has 0 unspecified atom stereocenters. The first-order chi connectivity index (χ1) is 9.68. The lowest BCUT2D eigenvalue weighted by Crippen LogP contribution is -2.62. The Kier molecular flexibility index (Phi) is 4.46. The van der Waals surface area contributed by atoms with Crippen LogP contribution in [-0.4, -0.2) is 70.9 Å². The lowest BCUT2D eigenvalue weighted by molar-refractivity contribution is -0.246. The summed E-state index contributed by atoms with van der Waals surface area (Å²) in [6.45, 7) is 4.79. The van der Waals surface area contributed by atoms with Crippen LogP contribution in [0.3, 0.4) is 0 Å². The maximum Gasteiger partial charge on any atom is 0.407 e. The fourth-order valence-electron chi connectivity index (χ4n) is 2.50. The largest absolute Gasteiger partial charge is 0.444 e. The molecule has 2 aliphatic heterocycles. The number of nitrogens with one attached hydrogen (secondary N) is 1. The zero-order valence-electron chi connectivity index (χ0n) is 12.4. The second-order valence-electron chi connectivity index (χ2n) is 6.50. The van der Waals surface area contributed by atoms with E-state index < -0.39 is 48.3 Å². The fraction of sp³-hybridized carbons (Fsp3) is 0.923. The second-order valence-corrected chi connectivity index (χ2v) is 6.50. The lowest BCUT2D eigenvalue weighted by Gasteiger charge is -2.41. The number of carbonyl (C=O) groups excluding carboxylic acids is 1. The van der Waals surface area contributed by atoms with Gasteiger partial charge in [-0.25, -0.2) is 4.79 Å². The molecule has 0 aromatic rings. The van der Waals surface area contributed by atoms with E-state index in [2.05, 4.69) is 5.32 Å². The van der Waals surface area contributed by atoms with Crippen LogP contribution in [0.4, 0.5) is 4.79 Å². The van der Waals surface area contributed by atoms with E-state index in [4.69, 9.17) is 14.2 Å². The van der Waals surface area contributed by atoms with Crippen LogP contribution in [0.15, 0.2) is 0 Å². The van der Waals surface area contributed by atoms with Crippen molar-refractivity contribution in [1.82, 2.24) is 5.32 Å². The molecule has 8 heteroatoms. The Morgan fingerprint density at radius 2 is 2.10 bits per heavy atom. The highest BCUT2D eigenvalue weighted by Gasteiger charge is 2.58. The van der Waals surface area contributed by atoms with Crippen LogP contribution in [0.1, 0.15) is 20.8 Å². The number of carbonyl (C=O) groups is 1. The molecule has 0 aliphatic carbocycles. The normalized spacial score (nSPS) is 39.1. The maximum atomic E-state index is 11.6. The van der Waals surface area contributed by atoms with Gasteiger partial charge in [0.05, 0.1) is 25.2 Å². The van der Waals surface area contributed by atoms with Gasteiger partial charge in [-0.1, -0.05) is 0 Å².